The van der Waals surface area contributed by atoms with Crippen LogP contribution in [0.3, 0.4) is 0 Å². The quantitative estimate of drug-likeness (QED) is 0.483. The zero-order chi connectivity index (χ0) is 12.8. The molecule has 0 aromatic heterocycles. The predicted octanol–water partition coefficient (Wildman–Crippen LogP) is 2.81. The molecule has 0 aliphatic rings. The second-order valence-electron chi connectivity index (χ2n) is 3.63. The van der Waals surface area contributed by atoms with E-state index in [1.165, 1.54) is 12.1 Å². The van der Waals surface area contributed by atoms with Gasteiger partial charge in [-0.05, 0) is 25.5 Å². The molecule has 90 valence electrons. The first-order valence-electron chi connectivity index (χ1n) is 5.20. The lowest BCUT2D eigenvalue weighted by atomic mass is 10.2. The maximum absolute atomic E-state index is 11.4. The number of benzene rings is 1. The first-order valence-corrected chi connectivity index (χ1v) is 5.20. The van der Waals surface area contributed by atoms with Crippen LogP contribution >= 0.6 is 0 Å². The van der Waals surface area contributed by atoms with E-state index in [0.29, 0.717) is 24.1 Å². The third-order valence-corrected chi connectivity index (χ3v) is 2.25. The summed E-state index contributed by atoms with van der Waals surface area (Å²) < 4.78 is 0. The molecule has 1 N–H and O–H groups in total. The summed E-state index contributed by atoms with van der Waals surface area (Å²) in [7, 11) is 0. The van der Waals surface area contributed by atoms with E-state index in [0.717, 1.165) is 0 Å². The van der Waals surface area contributed by atoms with Gasteiger partial charge >= 0.3 is 0 Å². The molecular formula is C12H14N2O3. The van der Waals surface area contributed by atoms with Crippen LogP contribution in [0.15, 0.2) is 30.9 Å². The lowest BCUT2D eigenvalue weighted by Crippen LogP contribution is -2.10. The Balaban J connectivity index is 2.74. The van der Waals surface area contributed by atoms with Gasteiger partial charge < -0.3 is 5.32 Å². The average Bonchev–Trinajstić information content (AvgIpc) is 2.26. The Morgan fingerprint density at radius 2 is 2.29 bits per heavy atom. The molecule has 0 atom stereocenters. The zero-order valence-corrected chi connectivity index (χ0v) is 9.60. The average molecular weight is 234 g/mol. The van der Waals surface area contributed by atoms with Crippen LogP contribution in [0.5, 0.6) is 0 Å². The maximum atomic E-state index is 11.4. The van der Waals surface area contributed by atoms with Gasteiger partial charge in [0.15, 0.2) is 0 Å². The van der Waals surface area contributed by atoms with E-state index in [2.05, 4.69) is 11.9 Å². The van der Waals surface area contributed by atoms with E-state index >= 15 is 0 Å². The number of allylic oxidation sites excluding steroid dienone is 1. The van der Waals surface area contributed by atoms with E-state index in [1.807, 2.05) is 0 Å². The molecule has 5 heteroatoms. The van der Waals surface area contributed by atoms with Gasteiger partial charge in [-0.25, -0.2) is 0 Å². The van der Waals surface area contributed by atoms with Gasteiger partial charge in [0.2, 0.25) is 5.91 Å². The van der Waals surface area contributed by atoms with Gasteiger partial charge in [0, 0.05) is 23.7 Å². The number of carbonyl (C=O) groups excluding carboxylic acids is 1. The normalized spacial score (nSPS) is 9.71. The van der Waals surface area contributed by atoms with Crippen molar-refractivity contribution in [1.82, 2.24) is 0 Å². The van der Waals surface area contributed by atoms with Crippen molar-refractivity contribution in [2.24, 2.45) is 0 Å². The lowest BCUT2D eigenvalue weighted by molar-refractivity contribution is -0.385. The molecule has 1 rings (SSSR count). The molecular weight excluding hydrogens is 220 g/mol. The number of rotatable bonds is 5. The number of nitrogens with zero attached hydrogens (tertiary/aromatic N) is 1. The summed E-state index contributed by atoms with van der Waals surface area (Å²) in [5, 5.41) is 13.3. The molecule has 0 aliphatic heterocycles. The first-order chi connectivity index (χ1) is 8.04. The molecule has 5 nitrogen and oxygen atoms in total. The van der Waals surface area contributed by atoms with Gasteiger partial charge in [-0.1, -0.05) is 6.08 Å². The molecule has 0 saturated carbocycles. The summed E-state index contributed by atoms with van der Waals surface area (Å²) in [6.45, 7) is 5.17. The summed E-state index contributed by atoms with van der Waals surface area (Å²) in [5.74, 6) is -0.127. The van der Waals surface area contributed by atoms with Crippen molar-refractivity contribution in [2.75, 3.05) is 5.32 Å². The highest BCUT2D eigenvalue weighted by Crippen LogP contribution is 2.21. The van der Waals surface area contributed by atoms with Crippen LogP contribution in [0.1, 0.15) is 18.4 Å². The molecule has 0 bridgehead atoms. The summed E-state index contributed by atoms with van der Waals surface area (Å²) in [5.41, 5.74) is 1.15. The number of anilines is 1. The fourth-order valence-corrected chi connectivity index (χ4v) is 1.39. The van der Waals surface area contributed by atoms with Gasteiger partial charge in [-0.15, -0.1) is 6.58 Å². The summed E-state index contributed by atoms with van der Waals surface area (Å²) >= 11 is 0. The number of nitrogens with one attached hydrogen (secondary N) is 1. The van der Waals surface area contributed by atoms with Crippen LogP contribution in [0.4, 0.5) is 11.4 Å². The third-order valence-electron chi connectivity index (χ3n) is 2.25. The Hall–Kier alpha value is -2.17. The van der Waals surface area contributed by atoms with Crippen LogP contribution in [0.25, 0.3) is 0 Å². The van der Waals surface area contributed by atoms with E-state index in [4.69, 9.17) is 0 Å². The number of nitro benzene ring substituents is 1. The number of amides is 1. The minimum atomic E-state index is -0.446. The largest absolute Gasteiger partial charge is 0.326 e. The minimum absolute atomic E-state index is 0.0501. The van der Waals surface area contributed by atoms with Crippen molar-refractivity contribution < 1.29 is 9.72 Å². The van der Waals surface area contributed by atoms with Gasteiger partial charge in [0.1, 0.15) is 0 Å². The Kier molecular flexibility index (Phi) is 4.39. The Morgan fingerprint density at radius 3 is 2.82 bits per heavy atom. The molecule has 17 heavy (non-hydrogen) atoms. The van der Waals surface area contributed by atoms with E-state index < -0.39 is 4.92 Å². The van der Waals surface area contributed by atoms with Crippen molar-refractivity contribution in [3.63, 3.8) is 0 Å². The second kappa shape index (κ2) is 5.79. The molecule has 0 radical (unpaired) electrons. The van der Waals surface area contributed by atoms with Crippen LogP contribution < -0.4 is 5.32 Å². The molecule has 0 spiro atoms. The van der Waals surface area contributed by atoms with Crippen molar-refractivity contribution in [3.05, 3.63) is 46.5 Å². The van der Waals surface area contributed by atoms with Gasteiger partial charge in [-0.2, -0.15) is 0 Å². The fraction of sp³-hybridized carbons (Fsp3) is 0.250. The second-order valence-corrected chi connectivity index (χ2v) is 3.63. The van der Waals surface area contributed by atoms with Gasteiger partial charge in [0.05, 0.1) is 4.92 Å². The molecule has 1 aromatic carbocycles. The Bertz CT molecular complexity index is 455. The van der Waals surface area contributed by atoms with Crippen LogP contribution in [-0.2, 0) is 4.79 Å². The number of nitro groups is 1. The van der Waals surface area contributed by atoms with E-state index in [9.17, 15) is 14.9 Å². The van der Waals surface area contributed by atoms with Crippen molar-refractivity contribution in [1.29, 1.82) is 0 Å². The molecule has 0 heterocycles. The fourth-order valence-electron chi connectivity index (χ4n) is 1.39. The molecule has 0 fully saturated rings. The Morgan fingerprint density at radius 1 is 1.59 bits per heavy atom. The predicted molar refractivity (Wildman–Crippen MR) is 65.9 cm³/mol. The van der Waals surface area contributed by atoms with Crippen LogP contribution in [-0.4, -0.2) is 10.8 Å². The van der Waals surface area contributed by atoms with Crippen LogP contribution in [0, 0.1) is 17.0 Å². The number of hydrogen-bond donors (Lipinski definition) is 1. The number of hydrogen-bond acceptors (Lipinski definition) is 3. The lowest BCUT2D eigenvalue weighted by Gasteiger charge is -2.05. The zero-order valence-electron chi connectivity index (χ0n) is 9.60. The smallest absolute Gasteiger partial charge is 0.272 e. The molecule has 1 aromatic rings. The van der Waals surface area contributed by atoms with E-state index in [1.54, 1.807) is 19.1 Å². The molecule has 0 saturated heterocycles. The topological polar surface area (TPSA) is 72.2 Å². The summed E-state index contributed by atoms with van der Waals surface area (Å²) in [6.07, 6.45) is 2.64. The molecule has 0 unspecified atom stereocenters. The first kappa shape index (κ1) is 12.9. The highest BCUT2D eigenvalue weighted by Gasteiger charge is 2.10. The monoisotopic (exact) mass is 234 g/mol. The molecule has 0 aliphatic carbocycles. The van der Waals surface area contributed by atoms with Crippen LogP contribution in [0.2, 0.25) is 0 Å². The van der Waals surface area contributed by atoms with Gasteiger partial charge in [0.25, 0.3) is 5.69 Å². The van der Waals surface area contributed by atoms with Gasteiger partial charge in [-0.3, -0.25) is 14.9 Å². The van der Waals surface area contributed by atoms with E-state index in [-0.39, 0.29) is 11.6 Å². The number of aryl methyl sites for hydroxylation is 1. The number of carbonyl (C=O) groups is 1. The highest BCUT2D eigenvalue weighted by atomic mass is 16.6. The minimum Gasteiger partial charge on any atom is -0.326 e. The van der Waals surface area contributed by atoms with Crippen molar-refractivity contribution >= 4 is 17.3 Å². The summed E-state index contributed by atoms with van der Waals surface area (Å²) in [6, 6.07) is 4.50. The standard InChI is InChI=1S/C12H14N2O3/c1-3-4-5-12(15)13-10-6-7-11(14(16)17)9(2)8-10/h3,6-8H,1,4-5H2,2H3,(H,13,15). The summed E-state index contributed by atoms with van der Waals surface area (Å²) in [4.78, 5) is 21.6. The highest BCUT2D eigenvalue weighted by molar-refractivity contribution is 5.91. The van der Waals surface area contributed by atoms with Crippen molar-refractivity contribution in [3.8, 4) is 0 Å². The third kappa shape index (κ3) is 3.71. The Labute approximate surface area is 99.3 Å². The van der Waals surface area contributed by atoms with Crippen molar-refractivity contribution in [2.45, 2.75) is 19.8 Å². The SMILES string of the molecule is C=CCCC(=O)Nc1ccc([N+](=O)[O-])c(C)c1. The maximum Gasteiger partial charge on any atom is 0.272 e. The molecule has 1 amide bonds.